The first-order chi connectivity index (χ1) is 12.0. The Kier molecular flexibility index (Phi) is 4.92. The van der Waals surface area contributed by atoms with Gasteiger partial charge in [0.05, 0.1) is 11.1 Å². The molecule has 7 heteroatoms. The summed E-state index contributed by atoms with van der Waals surface area (Å²) in [6.07, 6.45) is 3.07. The number of likely N-dealkylation sites (tertiary alicyclic amines) is 1. The highest BCUT2D eigenvalue weighted by molar-refractivity contribution is 5.98. The van der Waals surface area contributed by atoms with E-state index in [2.05, 4.69) is 4.98 Å². The van der Waals surface area contributed by atoms with Crippen molar-refractivity contribution in [3.8, 4) is 5.75 Å². The predicted octanol–water partition coefficient (Wildman–Crippen LogP) is 2.98. The highest BCUT2D eigenvalue weighted by atomic mass is 16.6. The molecule has 1 amide bonds. The Labute approximate surface area is 145 Å². The Morgan fingerprint density at radius 2 is 1.96 bits per heavy atom. The molecule has 0 atom stereocenters. The minimum absolute atomic E-state index is 0.0133. The molecule has 2 aromatic rings. The second-order valence-corrected chi connectivity index (χ2v) is 6.02. The van der Waals surface area contributed by atoms with Crippen LogP contribution >= 0.6 is 0 Å². The number of aromatic nitrogens is 1. The zero-order chi connectivity index (χ0) is 17.8. The first-order valence-corrected chi connectivity index (χ1v) is 8.16. The average Bonchev–Trinajstić information content (AvgIpc) is 2.63. The number of para-hydroxylation sites is 1. The fourth-order valence-corrected chi connectivity index (χ4v) is 2.88. The van der Waals surface area contributed by atoms with Gasteiger partial charge in [0.1, 0.15) is 17.4 Å². The van der Waals surface area contributed by atoms with Gasteiger partial charge in [-0.2, -0.15) is 0 Å². The van der Waals surface area contributed by atoms with Crippen LogP contribution in [0.15, 0.2) is 42.6 Å². The lowest BCUT2D eigenvalue weighted by molar-refractivity contribution is -0.385. The molecule has 0 unspecified atom stereocenters. The van der Waals surface area contributed by atoms with Crippen molar-refractivity contribution in [1.82, 2.24) is 9.88 Å². The number of hydrogen-bond acceptors (Lipinski definition) is 5. The summed E-state index contributed by atoms with van der Waals surface area (Å²) in [5, 5.41) is 11.1. The maximum Gasteiger partial charge on any atom is 0.282 e. The number of carbonyl (C=O) groups is 1. The van der Waals surface area contributed by atoms with Crippen LogP contribution in [0.25, 0.3) is 0 Å². The molecule has 0 aliphatic carbocycles. The molecule has 25 heavy (non-hydrogen) atoms. The molecule has 130 valence electrons. The second kappa shape index (κ2) is 7.29. The molecule has 1 fully saturated rings. The summed E-state index contributed by atoms with van der Waals surface area (Å²) in [5.74, 6) is 0.414. The van der Waals surface area contributed by atoms with Crippen molar-refractivity contribution in [2.24, 2.45) is 0 Å². The Morgan fingerprint density at radius 3 is 2.60 bits per heavy atom. The molecule has 1 aromatic heterocycles. The number of hydrogen-bond donors (Lipinski definition) is 0. The summed E-state index contributed by atoms with van der Waals surface area (Å²) >= 11 is 0. The molecule has 0 spiro atoms. The smallest absolute Gasteiger partial charge is 0.282 e. The lowest BCUT2D eigenvalue weighted by Gasteiger charge is -2.32. The molecular weight excluding hydrogens is 322 g/mol. The quantitative estimate of drug-likeness (QED) is 0.630. The third-order valence-electron chi connectivity index (χ3n) is 4.25. The van der Waals surface area contributed by atoms with Crippen molar-refractivity contribution in [2.45, 2.75) is 25.9 Å². The van der Waals surface area contributed by atoms with Crippen molar-refractivity contribution >= 4 is 11.6 Å². The van der Waals surface area contributed by atoms with E-state index in [0.29, 0.717) is 31.7 Å². The number of benzene rings is 1. The lowest BCUT2D eigenvalue weighted by atomic mass is 10.1. The van der Waals surface area contributed by atoms with Gasteiger partial charge in [-0.25, -0.2) is 0 Å². The van der Waals surface area contributed by atoms with Crippen LogP contribution < -0.4 is 4.74 Å². The highest BCUT2D eigenvalue weighted by Crippen LogP contribution is 2.23. The molecule has 0 bridgehead atoms. The number of rotatable bonds is 4. The Hall–Kier alpha value is -2.96. The average molecular weight is 341 g/mol. The maximum absolute atomic E-state index is 12.6. The van der Waals surface area contributed by atoms with Crippen molar-refractivity contribution in [3.05, 3.63) is 64.0 Å². The van der Waals surface area contributed by atoms with Crippen molar-refractivity contribution in [3.63, 3.8) is 0 Å². The summed E-state index contributed by atoms with van der Waals surface area (Å²) in [6, 6.07) is 9.83. The summed E-state index contributed by atoms with van der Waals surface area (Å²) in [4.78, 5) is 29.0. The fraction of sp³-hybridized carbons (Fsp3) is 0.333. The SMILES string of the molecule is Cc1ccc(OC2CCN(C(=O)c3ccccc3[N+](=O)[O-])CC2)cn1. The number of piperidine rings is 1. The van der Waals surface area contributed by atoms with Gasteiger partial charge in [0.25, 0.3) is 11.6 Å². The number of amides is 1. The zero-order valence-corrected chi connectivity index (χ0v) is 13.9. The van der Waals surface area contributed by atoms with Gasteiger partial charge in [0, 0.05) is 37.7 Å². The summed E-state index contributed by atoms with van der Waals surface area (Å²) in [5.41, 5.74) is 0.906. The number of ether oxygens (including phenoxy) is 1. The number of nitrogens with zero attached hydrogens (tertiary/aromatic N) is 3. The number of carbonyl (C=O) groups excluding carboxylic acids is 1. The number of pyridine rings is 1. The largest absolute Gasteiger partial charge is 0.489 e. The molecule has 1 aliphatic rings. The van der Waals surface area contributed by atoms with Crippen molar-refractivity contribution in [2.75, 3.05) is 13.1 Å². The van der Waals surface area contributed by atoms with Gasteiger partial charge >= 0.3 is 0 Å². The third-order valence-corrected chi connectivity index (χ3v) is 4.25. The van der Waals surface area contributed by atoms with E-state index in [4.69, 9.17) is 4.74 Å². The molecule has 1 aliphatic heterocycles. The molecule has 3 rings (SSSR count). The normalized spacial score (nSPS) is 15.0. The highest BCUT2D eigenvalue weighted by Gasteiger charge is 2.28. The Balaban J connectivity index is 1.61. The van der Waals surface area contributed by atoms with Crippen molar-refractivity contribution < 1.29 is 14.5 Å². The van der Waals surface area contributed by atoms with E-state index in [1.807, 2.05) is 19.1 Å². The van der Waals surface area contributed by atoms with E-state index in [0.717, 1.165) is 5.69 Å². The Morgan fingerprint density at radius 1 is 1.24 bits per heavy atom. The van der Waals surface area contributed by atoms with E-state index < -0.39 is 4.92 Å². The second-order valence-electron chi connectivity index (χ2n) is 6.02. The molecular formula is C18H19N3O4. The third kappa shape index (κ3) is 3.93. The van der Waals surface area contributed by atoms with E-state index in [1.165, 1.54) is 12.1 Å². The number of nitro benzene ring substituents is 1. The molecule has 1 aromatic carbocycles. The van der Waals surface area contributed by atoms with Gasteiger partial charge in [0.2, 0.25) is 0 Å². The first kappa shape index (κ1) is 16.9. The van der Waals surface area contributed by atoms with Crippen LogP contribution in [0.5, 0.6) is 5.75 Å². The minimum Gasteiger partial charge on any atom is -0.489 e. The van der Waals surface area contributed by atoms with Crippen LogP contribution in [0.3, 0.4) is 0 Å². The molecule has 0 radical (unpaired) electrons. The van der Waals surface area contributed by atoms with Gasteiger partial charge in [-0.05, 0) is 25.1 Å². The van der Waals surface area contributed by atoms with Gasteiger partial charge in [-0.3, -0.25) is 19.9 Å². The molecule has 7 nitrogen and oxygen atoms in total. The van der Waals surface area contributed by atoms with Crippen LogP contribution in [0.4, 0.5) is 5.69 Å². The van der Waals surface area contributed by atoms with E-state index >= 15 is 0 Å². The number of nitro groups is 1. The summed E-state index contributed by atoms with van der Waals surface area (Å²) in [7, 11) is 0. The molecule has 0 saturated carbocycles. The van der Waals surface area contributed by atoms with Gasteiger partial charge in [0.15, 0.2) is 0 Å². The summed E-state index contributed by atoms with van der Waals surface area (Å²) < 4.78 is 5.90. The van der Waals surface area contributed by atoms with E-state index in [-0.39, 0.29) is 23.3 Å². The standard InChI is InChI=1S/C18H19N3O4/c1-13-6-7-15(12-19-13)25-14-8-10-20(11-9-14)18(22)16-4-2-3-5-17(16)21(23)24/h2-7,12,14H,8-11H2,1H3. The topological polar surface area (TPSA) is 85.6 Å². The predicted molar refractivity (Wildman–Crippen MR) is 91.6 cm³/mol. The van der Waals surface area contributed by atoms with Crippen LogP contribution in [-0.2, 0) is 0 Å². The van der Waals surface area contributed by atoms with Crippen molar-refractivity contribution in [1.29, 1.82) is 0 Å². The van der Waals surface area contributed by atoms with Crippen LogP contribution in [0.2, 0.25) is 0 Å². The van der Waals surface area contributed by atoms with Crippen LogP contribution in [0, 0.1) is 17.0 Å². The van der Waals surface area contributed by atoms with Gasteiger partial charge < -0.3 is 9.64 Å². The molecule has 1 saturated heterocycles. The lowest BCUT2D eigenvalue weighted by Crippen LogP contribution is -2.42. The molecule has 0 N–H and O–H groups in total. The molecule has 2 heterocycles. The van der Waals surface area contributed by atoms with Gasteiger partial charge in [-0.1, -0.05) is 12.1 Å². The van der Waals surface area contributed by atoms with Crippen LogP contribution in [-0.4, -0.2) is 39.9 Å². The maximum atomic E-state index is 12.6. The Bertz CT molecular complexity index is 768. The monoisotopic (exact) mass is 341 g/mol. The zero-order valence-electron chi connectivity index (χ0n) is 13.9. The number of aryl methyl sites for hydroxylation is 1. The summed E-state index contributed by atoms with van der Waals surface area (Å²) in [6.45, 7) is 2.93. The van der Waals surface area contributed by atoms with E-state index in [9.17, 15) is 14.9 Å². The first-order valence-electron chi connectivity index (χ1n) is 8.16. The minimum atomic E-state index is -0.520. The van der Waals surface area contributed by atoms with Gasteiger partial charge in [-0.15, -0.1) is 0 Å². The fourth-order valence-electron chi connectivity index (χ4n) is 2.88. The van der Waals surface area contributed by atoms with E-state index in [1.54, 1.807) is 23.2 Å². The van der Waals surface area contributed by atoms with Crippen LogP contribution in [0.1, 0.15) is 28.9 Å².